The van der Waals surface area contributed by atoms with E-state index in [1.807, 2.05) is 0 Å². The molecular formula is C13H20N4O2. The van der Waals surface area contributed by atoms with Gasteiger partial charge in [0.05, 0.1) is 5.60 Å². The molecule has 6 heteroatoms. The zero-order chi connectivity index (χ0) is 13.5. The fourth-order valence-corrected chi connectivity index (χ4v) is 2.78. The van der Waals surface area contributed by atoms with E-state index in [-0.39, 0.29) is 11.7 Å². The molecule has 3 rings (SSSR count). The molecule has 1 aromatic heterocycles. The number of aromatic amines is 1. The number of carbonyl (C=O) groups excluding carboxylic acids is 1. The highest BCUT2D eigenvalue weighted by Gasteiger charge is 2.35. The van der Waals surface area contributed by atoms with Gasteiger partial charge in [0.25, 0.3) is 5.91 Å². The van der Waals surface area contributed by atoms with E-state index in [1.165, 1.54) is 4.90 Å². The number of carbonyl (C=O) groups is 1. The summed E-state index contributed by atoms with van der Waals surface area (Å²) in [4.78, 5) is 18.0. The Labute approximate surface area is 112 Å². The average molecular weight is 264 g/mol. The van der Waals surface area contributed by atoms with Gasteiger partial charge in [-0.15, -0.1) is 5.10 Å². The number of hydrogen-bond donors (Lipinski definition) is 2. The molecule has 0 aliphatic heterocycles. The first kappa shape index (κ1) is 12.6. The monoisotopic (exact) mass is 264 g/mol. The van der Waals surface area contributed by atoms with Crippen LogP contribution >= 0.6 is 0 Å². The number of aliphatic hydroxyl groups is 1. The summed E-state index contributed by atoms with van der Waals surface area (Å²) in [7, 11) is 1.70. The first-order valence-corrected chi connectivity index (χ1v) is 6.98. The fourth-order valence-electron chi connectivity index (χ4n) is 2.78. The van der Waals surface area contributed by atoms with E-state index in [2.05, 4.69) is 15.2 Å². The highest BCUT2D eigenvalue weighted by atomic mass is 16.3. The average Bonchev–Trinajstić information content (AvgIpc) is 2.96. The molecule has 1 amide bonds. The smallest absolute Gasteiger partial charge is 0.293 e. The van der Waals surface area contributed by atoms with Gasteiger partial charge in [-0.1, -0.05) is 12.8 Å². The summed E-state index contributed by atoms with van der Waals surface area (Å²) in [5, 5.41) is 17.1. The van der Waals surface area contributed by atoms with Crippen LogP contribution in [0.25, 0.3) is 0 Å². The molecule has 19 heavy (non-hydrogen) atoms. The van der Waals surface area contributed by atoms with E-state index in [0.717, 1.165) is 44.3 Å². The van der Waals surface area contributed by atoms with Crippen molar-refractivity contribution in [2.75, 3.05) is 13.6 Å². The van der Waals surface area contributed by atoms with Crippen molar-refractivity contribution in [3.63, 3.8) is 0 Å². The SMILES string of the molecule is CN(CC1(O)CCCC1)C(=O)c1n[nH]c(C2CC2)n1. The van der Waals surface area contributed by atoms with Crippen LogP contribution in [0.3, 0.4) is 0 Å². The number of hydrogen-bond acceptors (Lipinski definition) is 4. The molecule has 6 nitrogen and oxygen atoms in total. The van der Waals surface area contributed by atoms with E-state index in [0.29, 0.717) is 12.5 Å². The Balaban J connectivity index is 1.64. The summed E-state index contributed by atoms with van der Waals surface area (Å²) in [5.41, 5.74) is -0.722. The minimum absolute atomic E-state index is 0.214. The Kier molecular flexibility index (Phi) is 3.05. The highest BCUT2D eigenvalue weighted by Crippen LogP contribution is 2.37. The first-order chi connectivity index (χ1) is 9.07. The van der Waals surface area contributed by atoms with Crippen molar-refractivity contribution in [1.82, 2.24) is 20.1 Å². The minimum Gasteiger partial charge on any atom is -0.388 e. The fraction of sp³-hybridized carbons (Fsp3) is 0.769. The van der Waals surface area contributed by atoms with Gasteiger partial charge in [0, 0.05) is 19.5 Å². The summed E-state index contributed by atoms with van der Waals surface area (Å²) in [6.07, 6.45) is 5.85. The van der Waals surface area contributed by atoms with E-state index < -0.39 is 5.60 Å². The van der Waals surface area contributed by atoms with Crippen molar-refractivity contribution in [2.45, 2.75) is 50.0 Å². The predicted molar refractivity (Wildman–Crippen MR) is 68.7 cm³/mol. The number of aromatic nitrogens is 3. The quantitative estimate of drug-likeness (QED) is 0.852. The summed E-state index contributed by atoms with van der Waals surface area (Å²) in [6.45, 7) is 0.360. The maximum Gasteiger partial charge on any atom is 0.293 e. The molecule has 0 saturated heterocycles. The van der Waals surface area contributed by atoms with Gasteiger partial charge in [-0.25, -0.2) is 4.98 Å². The van der Waals surface area contributed by atoms with Gasteiger partial charge >= 0.3 is 0 Å². The lowest BCUT2D eigenvalue weighted by Gasteiger charge is -2.27. The molecule has 0 radical (unpaired) electrons. The lowest BCUT2D eigenvalue weighted by Crippen LogP contribution is -2.42. The summed E-state index contributed by atoms with van der Waals surface area (Å²) in [6, 6.07) is 0. The largest absolute Gasteiger partial charge is 0.388 e. The molecule has 2 N–H and O–H groups in total. The molecule has 1 heterocycles. The van der Waals surface area contributed by atoms with Gasteiger partial charge in [0.15, 0.2) is 0 Å². The van der Waals surface area contributed by atoms with Crippen LogP contribution in [-0.2, 0) is 0 Å². The van der Waals surface area contributed by atoms with Crippen molar-refractivity contribution >= 4 is 5.91 Å². The first-order valence-electron chi connectivity index (χ1n) is 6.98. The number of nitrogens with zero attached hydrogens (tertiary/aromatic N) is 3. The van der Waals surface area contributed by atoms with Crippen LogP contribution in [0.2, 0.25) is 0 Å². The number of amides is 1. The molecule has 1 aromatic rings. The van der Waals surface area contributed by atoms with Crippen LogP contribution in [0.1, 0.15) is 60.9 Å². The zero-order valence-corrected chi connectivity index (χ0v) is 11.2. The third-order valence-electron chi connectivity index (χ3n) is 4.07. The topological polar surface area (TPSA) is 82.1 Å². The third-order valence-corrected chi connectivity index (χ3v) is 4.07. The number of H-pyrrole nitrogens is 1. The third kappa shape index (κ3) is 2.63. The van der Waals surface area contributed by atoms with E-state index in [9.17, 15) is 9.90 Å². The second kappa shape index (κ2) is 4.59. The van der Waals surface area contributed by atoms with Crippen molar-refractivity contribution in [2.24, 2.45) is 0 Å². The van der Waals surface area contributed by atoms with Gasteiger partial charge in [-0.05, 0) is 25.7 Å². The molecule has 0 spiro atoms. The second-order valence-corrected chi connectivity index (χ2v) is 5.91. The Morgan fingerprint density at radius 2 is 2.16 bits per heavy atom. The van der Waals surface area contributed by atoms with E-state index in [1.54, 1.807) is 7.05 Å². The van der Waals surface area contributed by atoms with Crippen molar-refractivity contribution in [1.29, 1.82) is 0 Å². The van der Waals surface area contributed by atoms with Gasteiger partial charge in [-0.3, -0.25) is 9.89 Å². The number of likely N-dealkylation sites (N-methyl/N-ethyl adjacent to an activating group) is 1. The van der Waals surface area contributed by atoms with Gasteiger partial charge in [0.1, 0.15) is 5.82 Å². The van der Waals surface area contributed by atoms with Crippen LogP contribution in [0.5, 0.6) is 0 Å². The van der Waals surface area contributed by atoms with Gasteiger partial charge in [-0.2, -0.15) is 0 Å². The van der Waals surface area contributed by atoms with Crippen molar-refractivity contribution < 1.29 is 9.90 Å². The van der Waals surface area contributed by atoms with Crippen LogP contribution in [0.4, 0.5) is 0 Å². The minimum atomic E-state index is -0.722. The van der Waals surface area contributed by atoms with Crippen LogP contribution in [-0.4, -0.2) is 50.3 Å². The van der Waals surface area contributed by atoms with Crippen molar-refractivity contribution in [3.8, 4) is 0 Å². The molecule has 2 aliphatic rings. The predicted octanol–water partition coefficient (Wildman–Crippen LogP) is 1.06. The molecular weight excluding hydrogens is 244 g/mol. The van der Waals surface area contributed by atoms with Gasteiger partial charge in [0.2, 0.25) is 5.82 Å². The molecule has 0 unspecified atom stereocenters. The molecule has 2 fully saturated rings. The molecule has 2 aliphatic carbocycles. The van der Waals surface area contributed by atoms with Crippen LogP contribution < -0.4 is 0 Å². The van der Waals surface area contributed by atoms with E-state index >= 15 is 0 Å². The van der Waals surface area contributed by atoms with Gasteiger partial charge < -0.3 is 10.0 Å². The summed E-state index contributed by atoms with van der Waals surface area (Å²) < 4.78 is 0. The van der Waals surface area contributed by atoms with Crippen LogP contribution in [0.15, 0.2) is 0 Å². The maximum absolute atomic E-state index is 12.2. The Morgan fingerprint density at radius 3 is 2.79 bits per heavy atom. The summed E-state index contributed by atoms with van der Waals surface area (Å²) in [5.74, 6) is 1.27. The maximum atomic E-state index is 12.2. The van der Waals surface area contributed by atoms with E-state index in [4.69, 9.17) is 0 Å². The molecule has 0 aromatic carbocycles. The lowest BCUT2D eigenvalue weighted by atomic mass is 10.0. The normalized spacial score (nSPS) is 21.6. The highest BCUT2D eigenvalue weighted by molar-refractivity contribution is 5.90. The second-order valence-electron chi connectivity index (χ2n) is 5.91. The zero-order valence-electron chi connectivity index (χ0n) is 11.2. The number of nitrogens with one attached hydrogen (secondary N) is 1. The molecule has 0 atom stereocenters. The Hall–Kier alpha value is -1.43. The molecule has 104 valence electrons. The lowest BCUT2D eigenvalue weighted by molar-refractivity contribution is 0.0153. The Morgan fingerprint density at radius 1 is 1.47 bits per heavy atom. The molecule has 0 bridgehead atoms. The van der Waals surface area contributed by atoms with Crippen molar-refractivity contribution in [3.05, 3.63) is 11.6 Å². The molecule has 2 saturated carbocycles. The van der Waals surface area contributed by atoms with Crippen LogP contribution in [0, 0.1) is 0 Å². The summed E-state index contributed by atoms with van der Waals surface area (Å²) >= 11 is 0. The number of rotatable bonds is 4. The Bertz CT molecular complexity index is 475. The standard InChI is InChI=1S/C13H20N4O2/c1-17(8-13(19)6-2-3-7-13)12(18)11-14-10(15-16-11)9-4-5-9/h9,19H,2-8H2,1H3,(H,14,15,16).